The molecule has 1 N–H and O–H groups in total. The summed E-state index contributed by atoms with van der Waals surface area (Å²) in [5.41, 5.74) is 1.35. The average Bonchev–Trinajstić information content (AvgIpc) is 2.82. The molecule has 102 valence electrons. The molecular formula is C15H21N3O. The number of hydrogen-bond acceptors (Lipinski definition) is 3. The summed E-state index contributed by atoms with van der Waals surface area (Å²) in [4.78, 5) is 4.36. The number of pyridine rings is 1. The Bertz CT molecular complexity index is 522. The van der Waals surface area contributed by atoms with E-state index in [-0.39, 0.29) is 0 Å². The summed E-state index contributed by atoms with van der Waals surface area (Å²) in [6.07, 6.45) is 4.20. The summed E-state index contributed by atoms with van der Waals surface area (Å²) in [6, 6.07) is 10.4. The van der Waals surface area contributed by atoms with E-state index in [2.05, 4.69) is 47.2 Å². The fourth-order valence-electron chi connectivity index (χ4n) is 2.05. The third-order valence-electron chi connectivity index (χ3n) is 3.21. The Balaban J connectivity index is 1.87. The first kappa shape index (κ1) is 13.5. The first-order valence-corrected chi connectivity index (χ1v) is 6.57. The minimum Gasteiger partial charge on any atom is -0.481 e. The van der Waals surface area contributed by atoms with Gasteiger partial charge in [-0.15, -0.1) is 0 Å². The molecule has 0 saturated carbocycles. The van der Waals surface area contributed by atoms with Crippen LogP contribution in [0.15, 0.2) is 36.5 Å². The Morgan fingerprint density at radius 3 is 2.84 bits per heavy atom. The molecule has 0 saturated heterocycles. The van der Waals surface area contributed by atoms with Crippen LogP contribution in [-0.2, 0) is 13.5 Å². The van der Waals surface area contributed by atoms with Crippen molar-refractivity contribution in [1.29, 1.82) is 0 Å². The summed E-state index contributed by atoms with van der Waals surface area (Å²) < 4.78 is 7.28. The second kappa shape index (κ2) is 6.27. The van der Waals surface area contributed by atoms with E-state index < -0.39 is 0 Å². The van der Waals surface area contributed by atoms with E-state index >= 15 is 0 Å². The predicted octanol–water partition coefficient (Wildman–Crippen LogP) is 2.86. The van der Waals surface area contributed by atoms with Crippen molar-refractivity contribution in [1.82, 2.24) is 9.55 Å². The van der Waals surface area contributed by atoms with Gasteiger partial charge >= 0.3 is 0 Å². The van der Waals surface area contributed by atoms with Crippen molar-refractivity contribution in [2.24, 2.45) is 7.05 Å². The molecule has 2 rings (SSSR count). The van der Waals surface area contributed by atoms with Crippen molar-refractivity contribution in [3.8, 4) is 5.88 Å². The number of rotatable bonds is 6. The molecule has 1 atom stereocenters. The Kier molecular flexibility index (Phi) is 4.44. The van der Waals surface area contributed by atoms with Crippen molar-refractivity contribution < 1.29 is 4.74 Å². The Morgan fingerprint density at radius 1 is 1.32 bits per heavy atom. The molecular weight excluding hydrogens is 238 g/mol. The second-order valence-electron chi connectivity index (χ2n) is 4.76. The molecule has 2 aromatic heterocycles. The molecule has 4 nitrogen and oxygen atoms in total. The van der Waals surface area contributed by atoms with Crippen molar-refractivity contribution in [3.63, 3.8) is 0 Å². The molecule has 0 radical (unpaired) electrons. The van der Waals surface area contributed by atoms with Crippen LogP contribution in [0.2, 0.25) is 0 Å². The molecule has 0 aromatic carbocycles. The molecule has 1 unspecified atom stereocenters. The maximum absolute atomic E-state index is 5.12. The van der Waals surface area contributed by atoms with Crippen molar-refractivity contribution in [2.45, 2.75) is 25.8 Å². The molecule has 0 aliphatic heterocycles. The lowest BCUT2D eigenvalue weighted by Crippen LogP contribution is -2.17. The highest BCUT2D eigenvalue weighted by molar-refractivity contribution is 5.37. The topological polar surface area (TPSA) is 39.1 Å². The van der Waals surface area contributed by atoms with Crippen LogP contribution in [0.1, 0.15) is 19.0 Å². The van der Waals surface area contributed by atoms with Gasteiger partial charge in [0.15, 0.2) is 0 Å². The maximum atomic E-state index is 5.12. The van der Waals surface area contributed by atoms with Gasteiger partial charge in [0.2, 0.25) is 5.88 Å². The molecule has 0 aliphatic rings. The second-order valence-corrected chi connectivity index (χ2v) is 4.76. The zero-order valence-electron chi connectivity index (χ0n) is 11.8. The Hall–Kier alpha value is -1.97. The smallest absolute Gasteiger partial charge is 0.214 e. The lowest BCUT2D eigenvalue weighted by Gasteiger charge is -2.15. The lowest BCUT2D eigenvalue weighted by atomic mass is 10.1. The third-order valence-corrected chi connectivity index (χ3v) is 3.21. The van der Waals surface area contributed by atoms with Gasteiger partial charge in [-0.3, -0.25) is 0 Å². The number of methoxy groups -OCH3 is 1. The maximum Gasteiger partial charge on any atom is 0.214 e. The van der Waals surface area contributed by atoms with Gasteiger partial charge in [-0.2, -0.15) is 4.98 Å². The molecule has 0 amide bonds. The number of nitrogens with zero attached hydrogens (tertiary/aromatic N) is 2. The van der Waals surface area contributed by atoms with Crippen molar-refractivity contribution >= 4 is 5.82 Å². The van der Waals surface area contributed by atoms with E-state index in [1.54, 1.807) is 7.11 Å². The highest BCUT2D eigenvalue weighted by Gasteiger charge is 2.05. The minimum atomic E-state index is 0.370. The fourth-order valence-corrected chi connectivity index (χ4v) is 2.05. The first-order chi connectivity index (χ1) is 9.19. The van der Waals surface area contributed by atoms with Gasteiger partial charge in [0.25, 0.3) is 0 Å². The van der Waals surface area contributed by atoms with Gasteiger partial charge in [-0.05, 0) is 38.0 Å². The summed E-state index contributed by atoms with van der Waals surface area (Å²) in [5.74, 6) is 1.50. The standard InChI is InChI=1S/C15H21N3O/c1-12(9-10-13-6-5-11-18(13)2)16-14-7-4-8-15(17-14)19-3/h4-8,11-12H,9-10H2,1-3H3,(H,16,17). The van der Waals surface area contributed by atoms with Crippen LogP contribution < -0.4 is 10.1 Å². The van der Waals surface area contributed by atoms with Crippen LogP contribution in [-0.4, -0.2) is 22.7 Å². The monoisotopic (exact) mass is 259 g/mol. The van der Waals surface area contributed by atoms with Crippen molar-refractivity contribution in [2.75, 3.05) is 12.4 Å². The Morgan fingerprint density at radius 2 is 2.16 bits per heavy atom. The van der Waals surface area contributed by atoms with E-state index in [0.717, 1.165) is 18.7 Å². The van der Waals surface area contributed by atoms with Gasteiger partial charge in [-0.1, -0.05) is 6.07 Å². The molecule has 4 heteroatoms. The number of ether oxygens (including phenoxy) is 1. The largest absolute Gasteiger partial charge is 0.481 e. The normalized spacial score (nSPS) is 12.2. The highest BCUT2D eigenvalue weighted by atomic mass is 16.5. The number of hydrogen-bond donors (Lipinski definition) is 1. The molecule has 0 bridgehead atoms. The van der Waals surface area contributed by atoms with Gasteiger partial charge < -0.3 is 14.6 Å². The molecule has 19 heavy (non-hydrogen) atoms. The van der Waals surface area contributed by atoms with Crippen LogP contribution in [0.3, 0.4) is 0 Å². The molecule has 2 aromatic rings. The van der Waals surface area contributed by atoms with Crippen LogP contribution in [0.5, 0.6) is 5.88 Å². The summed E-state index contributed by atoms with van der Waals surface area (Å²) in [5, 5.41) is 3.40. The molecule has 0 aliphatic carbocycles. The fraction of sp³-hybridized carbons (Fsp3) is 0.400. The predicted molar refractivity (Wildman–Crippen MR) is 77.6 cm³/mol. The quantitative estimate of drug-likeness (QED) is 0.867. The lowest BCUT2D eigenvalue weighted by molar-refractivity contribution is 0.398. The summed E-state index contributed by atoms with van der Waals surface area (Å²) in [7, 11) is 3.71. The van der Waals surface area contributed by atoms with Gasteiger partial charge in [-0.25, -0.2) is 0 Å². The van der Waals surface area contributed by atoms with E-state index in [1.807, 2.05) is 18.2 Å². The summed E-state index contributed by atoms with van der Waals surface area (Å²) in [6.45, 7) is 2.17. The van der Waals surface area contributed by atoms with Gasteiger partial charge in [0, 0.05) is 31.0 Å². The van der Waals surface area contributed by atoms with Crippen LogP contribution in [0.25, 0.3) is 0 Å². The zero-order chi connectivity index (χ0) is 13.7. The summed E-state index contributed by atoms with van der Waals surface area (Å²) >= 11 is 0. The van der Waals surface area contributed by atoms with Crippen LogP contribution in [0.4, 0.5) is 5.82 Å². The minimum absolute atomic E-state index is 0.370. The Labute approximate surface area is 114 Å². The van der Waals surface area contributed by atoms with E-state index in [4.69, 9.17) is 4.74 Å². The first-order valence-electron chi connectivity index (χ1n) is 6.57. The zero-order valence-corrected chi connectivity index (χ0v) is 11.8. The van der Waals surface area contributed by atoms with E-state index in [9.17, 15) is 0 Å². The molecule has 0 spiro atoms. The molecule has 0 fully saturated rings. The third kappa shape index (κ3) is 3.74. The van der Waals surface area contributed by atoms with E-state index in [0.29, 0.717) is 11.9 Å². The SMILES string of the molecule is COc1cccc(NC(C)CCc2cccn2C)n1. The van der Waals surface area contributed by atoms with Gasteiger partial charge in [0.1, 0.15) is 5.82 Å². The van der Waals surface area contributed by atoms with Crippen LogP contribution >= 0.6 is 0 Å². The van der Waals surface area contributed by atoms with Crippen molar-refractivity contribution in [3.05, 3.63) is 42.2 Å². The van der Waals surface area contributed by atoms with Crippen LogP contribution in [0, 0.1) is 0 Å². The number of nitrogens with one attached hydrogen (secondary N) is 1. The van der Waals surface area contributed by atoms with Gasteiger partial charge in [0.05, 0.1) is 7.11 Å². The number of aromatic nitrogens is 2. The highest BCUT2D eigenvalue weighted by Crippen LogP contribution is 2.13. The molecule has 2 heterocycles. The van der Waals surface area contributed by atoms with E-state index in [1.165, 1.54) is 5.69 Å². The number of anilines is 1. The number of aryl methyl sites for hydroxylation is 2. The average molecular weight is 259 g/mol.